The van der Waals surface area contributed by atoms with Crippen LogP contribution in [0.1, 0.15) is 51.0 Å². The second-order valence-corrected chi connectivity index (χ2v) is 5.83. The van der Waals surface area contributed by atoms with E-state index in [0.29, 0.717) is 12.4 Å². The van der Waals surface area contributed by atoms with Crippen LogP contribution in [0.5, 0.6) is 5.75 Å². The molecule has 1 aromatic carbocycles. The lowest BCUT2D eigenvalue weighted by atomic mass is 10.1. The van der Waals surface area contributed by atoms with E-state index < -0.39 is 11.8 Å². The predicted octanol–water partition coefficient (Wildman–Crippen LogP) is 2.37. The summed E-state index contributed by atoms with van der Waals surface area (Å²) in [7, 11) is 0. The molecule has 24 heavy (non-hydrogen) atoms. The van der Waals surface area contributed by atoms with Crippen molar-refractivity contribution in [3.8, 4) is 5.75 Å². The van der Waals surface area contributed by atoms with Gasteiger partial charge in [-0.2, -0.15) is 5.10 Å². The Bertz CT molecular complexity index is 579. The quantitative estimate of drug-likeness (QED) is 0.376. The summed E-state index contributed by atoms with van der Waals surface area (Å²) in [6.07, 6.45) is 7.93. The average Bonchev–Trinajstić information content (AvgIpc) is 2.85. The van der Waals surface area contributed by atoms with Gasteiger partial charge in [-0.05, 0) is 31.9 Å². The number of carbonyl (C=O) groups is 2. The topological polar surface area (TPSA) is 79.8 Å². The molecule has 1 aliphatic carbocycles. The van der Waals surface area contributed by atoms with Gasteiger partial charge in [-0.25, -0.2) is 5.43 Å². The Labute approximate surface area is 142 Å². The second kappa shape index (κ2) is 9.70. The summed E-state index contributed by atoms with van der Waals surface area (Å²) < 4.78 is 5.47. The molecule has 2 amide bonds. The Balaban J connectivity index is 1.84. The highest BCUT2D eigenvalue weighted by Crippen LogP contribution is 2.17. The van der Waals surface area contributed by atoms with Gasteiger partial charge < -0.3 is 10.1 Å². The van der Waals surface area contributed by atoms with Crippen molar-refractivity contribution in [2.45, 2.75) is 51.5 Å². The highest BCUT2D eigenvalue weighted by Gasteiger charge is 2.19. The average molecular weight is 331 g/mol. The third kappa shape index (κ3) is 5.68. The molecule has 130 valence electrons. The Kier molecular flexibility index (Phi) is 7.26. The number of carbonyl (C=O) groups excluding carboxylic acids is 2. The number of benzene rings is 1. The maximum atomic E-state index is 11.9. The number of ether oxygens (including phenoxy) is 1. The van der Waals surface area contributed by atoms with E-state index in [1.54, 1.807) is 0 Å². The van der Waals surface area contributed by atoms with E-state index in [1.165, 1.54) is 19.1 Å². The number of amides is 2. The molecule has 6 heteroatoms. The van der Waals surface area contributed by atoms with Gasteiger partial charge >= 0.3 is 11.8 Å². The van der Waals surface area contributed by atoms with E-state index in [4.69, 9.17) is 4.74 Å². The third-order valence-corrected chi connectivity index (χ3v) is 3.99. The molecule has 6 nitrogen and oxygen atoms in total. The number of hydrogen-bond donors (Lipinski definition) is 2. The van der Waals surface area contributed by atoms with Crippen molar-refractivity contribution in [1.82, 2.24) is 10.7 Å². The van der Waals surface area contributed by atoms with Gasteiger partial charge in [-0.15, -0.1) is 0 Å². The molecule has 1 aromatic rings. The van der Waals surface area contributed by atoms with Gasteiger partial charge in [-0.3, -0.25) is 9.59 Å². The van der Waals surface area contributed by atoms with Crippen LogP contribution in [0.2, 0.25) is 0 Å². The SMILES string of the molecule is CCOc1ccccc1/C=N/NC(=O)C(=O)NC1CCCCCC1. The van der Waals surface area contributed by atoms with Crippen LogP contribution >= 0.6 is 0 Å². The minimum atomic E-state index is -0.746. The van der Waals surface area contributed by atoms with Gasteiger partial charge in [0.2, 0.25) is 0 Å². The maximum absolute atomic E-state index is 11.9. The van der Waals surface area contributed by atoms with Crippen molar-refractivity contribution >= 4 is 18.0 Å². The number of rotatable bonds is 5. The minimum Gasteiger partial charge on any atom is -0.493 e. The van der Waals surface area contributed by atoms with E-state index in [0.717, 1.165) is 31.2 Å². The van der Waals surface area contributed by atoms with Gasteiger partial charge in [0.1, 0.15) is 5.75 Å². The fourth-order valence-electron chi connectivity index (χ4n) is 2.76. The van der Waals surface area contributed by atoms with Crippen molar-refractivity contribution in [3.05, 3.63) is 29.8 Å². The molecule has 0 unspecified atom stereocenters. The van der Waals surface area contributed by atoms with Crippen LogP contribution in [0.3, 0.4) is 0 Å². The Hall–Kier alpha value is -2.37. The van der Waals surface area contributed by atoms with Crippen LogP contribution in [0.4, 0.5) is 0 Å². The van der Waals surface area contributed by atoms with Crippen LogP contribution in [-0.2, 0) is 9.59 Å². The van der Waals surface area contributed by atoms with Crippen LogP contribution in [0.25, 0.3) is 0 Å². The molecule has 0 aliphatic heterocycles. The van der Waals surface area contributed by atoms with Crippen molar-refractivity contribution in [3.63, 3.8) is 0 Å². The molecule has 0 atom stereocenters. The lowest BCUT2D eigenvalue weighted by Gasteiger charge is -2.15. The number of hydrogen-bond acceptors (Lipinski definition) is 4. The molecule has 2 N–H and O–H groups in total. The van der Waals surface area contributed by atoms with Crippen molar-refractivity contribution in [2.24, 2.45) is 5.10 Å². The van der Waals surface area contributed by atoms with E-state index in [2.05, 4.69) is 15.8 Å². The Morgan fingerprint density at radius 3 is 2.58 bits per heavy atom. The summed E-state index contributed by atoms with van der Waals surface area (Å²) in [4.78, 5) is 23.7. The van der Waals surface area contributed by atoms with Crippen LogP contribution < -0.4 is 15.5 Å². The third-order valence-electron chi connectivity index (χ3n) is 3.99. The van der Waals surface area contributed by atoms with Crippen LogP contribution in [0.15, 0.2) is 29.4 Å². The Morgan fingerprint density at radius 1 is 1.17 bits per heavy atom. The largest absolute Gasteiger partial charge is 0.493 e. The lowest BCUT2D eigenvalue weighted by Crippen LogP contribution is -2.43. The summed E-state index contributed by atoms with van der Waals surface area (Å²) >= 11 is 0. The van der Waals surface area contributed by atoms with E-state index in [9.17, 15) is 9.59 Å². The van der Waals surface area contributed by atoms with E-state index >= 15 is 0 Å². The molecule has 0 aromatic heterocycles. The molecule has 1 saturated carbocycles. The van der Waals surface area contributed by atoms with Crippen LogP contribution in [-0.4, -0.2) is 30.7 Å². The van der Waals surface area contributed by atoms with E-state index in [1.807, 2.05) is 31.2 Å². The first-order valence-electron chi connectivity index (χ1n) is 8.56. The molecule has 0 saturated heterocycles. The number of para-hydroxylation sites is 1. The summed E-state index contributed by atoms with van der Waals surface area (Å²) in [5.41, 5.74) is 3.01. The molecular formula is C18H25N3O3. The van der Waals surface area contributed by atoms with Gasteiger partial charge in [0.15, 0.2) is 0 Å². The molecule has 1 fully saturated rings. The predicted molar refractivity (Wildman–Crippen MR) is 93.0 cm³/mol. The normalized spacial score (nSPS) is 15.7. The number of hydrazone groups is 1. The number of nitrogens with zero attached hydrogens (tertiary/aromatic N) is 1. The zero-order valence-electron chi connectivity index (χ0n) is 14.1. The minimum absolute atomic E-state index is 0.0911. The van der Waals surface area contributed by atoms with Gasteiger partial charge in [0.05, 0.1) is 12.8 Å². The molecular weight excluding hydrogens is 306 g/mol. The number of nitrogens with one attached hydrogen (secondary N) is 2. The molecule has 2 rings (SSSR count). The monoisotopic (exact) mass is 331 g/mol. The first-order valence-corrected chi connectivity index (χ1v) is 8.56. The molecule has 1 aliphatic rings. The van der Waals surface area contributed by atoms with Gasteiger partial charge in [0, 0.05) is 11.6 Å². The first-order chi connectivity index (χ1) is 11.7. The van der Waals surface area contributed by atoms with E-state index in [-0.39, 0.29) is 6.04 Å². The first kappa shape index (κ1) is 18.0. The highest BCUT2D eigenvalue weighted by atomic mass is 16.5. The molecule has 0 bridgehead atoms. The molecule has 0 heterocycles. The molecule has 0 radical (unpaired) electrons. The fraction of sp³-hybridized carbons (Fsp3) is 0.500. The summed E-state index contributed by atoms with van der Waals surface area (Å²) in [5.74, 6) is -0.692. The summed E-state index contributed by atoms with van der Waals surface area (Å²) in [6, 6.07) is 7.46. The standard InChI is InChI=1S/C18H25N3O3/c1-2-24-16-12-8-7-9-14(16)13-19-21-18(23)17(22)20-15-10-5-3-4-6-11-15/h7-9,12-13,15H,2-6,10-11H2,1H3,(H,20,22)(H,21,23)/b19-13+. The smallest absolute Gasteiger partial charge is 0.329 e. The van der Waals surface area contributed by atoms with Gasteiger partial charge in [0.25, 0.3) is 0 Å². The fourth-order valence-corrected chi connectivity index (χ4v) is 2.76. The lowest BCUT2D eigenvalue weighted by molar-refractivity contribution is -0.139. The summed E-state index contributed by atoms with van der Waals surface area (Å²) in [5, 5.41) is 6.64. The molecule has 0 spiro atoms. The van der Waals surface area contributed by atoms with Crippen molar-refractivity contribution in [1.29, 1.82) is 0 Å². The van der Waals surface area contributed by atoms with Crippen molar-refractivity contribution in [2.75, 3.05) is 6.61 Å². The van der Waals surface area contributed by atoms with Crippen LogP contribution in [0, 0.1) is 0 Å². The second-order valence-electron chi connectivity index (χ2n) is 5.83. The maximum Gasteiger partial charge on any atom is 0.329 e. The van der Waals surface area contributed by atoms with Crippen molar-refractivity contribution < 1.29 is 14.3 Å². The Morgan fingerprint density at radius 2 is 1.88 bits per heavy atom. The summed E-state index contributed by atoms with van der Waals surface area (Å²) in [6.45, 7) is 2.44. The zero-order chi connectivity index (χ0) is 17.2. The zero-order valence-corrected chi connectivity index (χ0v) is 14.1. The van der Waals surface area contributed by atoms with Gasteiger partial charge in [-0.1, -0.05) is 37.8 Å². The highest BCUT2D eigenvalue weighted by molar-refractivity contribution is 6.35.